The second-order valence-corrected chi connectivity index (χ2v) is 12.5. The number of hydrogen-bond acceptors (Lipinski definition) is 5. The summed E-state index contributed by atoms with van der Waals surface area (Å²) in [6.07, 6.45) is -4.75. The Morgan fingerprint density at radius 1 is 0.756 bits per heavy atom. The molecular weight excluding hydrogens is 603 g/mol. The lowest BCUT2D eigenvalue weighted by Crippen LogP contribution is -2.38. The van der Waals surface area contributed by atoms with E-state index in [2.05, 4.69) is 10.0 Å². The van der Waals surface area contributed by atoms with Gasteiger partial charge in [-0.1, -0.05) is 35.9 Å². The molecule has 4 aromatic rings. The number of carbonyl (C=O) groups excluding carboxylic acids is 1. The Kier molecular flexibility index (Phi) is 8.61. The minimum absolute atomic E-state index is 0.123. The molecule has 4 aromatic carbocycles. The first-order valence-corrected chi connectivity index (χ1v) is 15.0. The van der Waals surface area contributed by atoms with Crippen LogP contribution < -0.4 is 14.3 Å². The van der Waals surface area contributed by atoms with E-state index in [1.54, 1.807) is 6.07 Å². The molecule has 41 heavy (non-hydrogen) atoms. The van der Waals surface area contributed by atoms with Crippen LogP contribution in [-0.2, 0) is 31.0 Å². The van der Waals surface area contributed by atoms with E-state index < -0.39 is 44.2 Å². The normalized spacial score (nSPS) is 12.0. The zero-order chi connectivity index (χ0) is 29.8. The lowest BCUT2D eigenvalue weighted by atomic mass is 10.2. The Labute approximate surface area is 239 Å². The Bertz CT molecular complexity index is 1750. The van der Waals surface area contributed by atoms with Gasteiger partial charge < -0.3 is 5.32 Å². The van der Waals surface area contributed by atoms with Crippen molar-refractivity contribution in [2.75, 3.05) is 20.9 Å². The summed E-state index contributed by atoms with van der Waals surface area (Å²) in [4.78, 5) is 12.6. The van der Waals surface area contributed by atoms with Gasteiger partial charge in [0.25, 0.3) is 20.0 Å². The van der Waals surface area contributed by atoms with E-state index in [9.17, 15) is 34.8 Å². The predicted molar refractivity (Wildman–Crippen MR) is 150 cm³/mol. The number of anilines is 3. The summed E-state index contributed by atoms with van der Waals surface area (Å²) in [7, 11) is -8.43. The van der Waals surface area contributed by atoms with Crippen LogP contribution in [0.5, 0.6) is 0 Å². The van der Waals surface area contributed by atoms with Crippen LogP contribution in [0.2, 0.25) is 5.02 Å². The number of rotatable bonds is 9. The molecule has 0 aromatic heterocycles. The van der Waals surface area contributed by atoms with E-state index in [1.807, 2.05) is 0 Å². The molecule has 0 aliphatic carbocycles. The van der Waals surface area contributed by atoms with Gasteiger partial charge in [0, 0.05) is 16.4 Å². The molecule has 0 aliphatic heterocycles. The first kappa shape index (κ1) is 29.9. The van der Waals surface area contributed by atoms with Gasteiger partial charge in [0.05, 0.1) is 21.0 Å². The molecule has 0 aliphatic rings. The number of benzene rings is 4. The molecule has 0 saturated heterocycles. The van der Waals surface area contributed by atoms with E-state index in [-0.39, 0.29) is 26.9 Å². The van der Waals surface area contributed by atoms with Crippen molar-refractivity contribution in [2.24, 2.45) is 0 Å². The predicted octanol–water partition coefficient (Wildman–Crippen LogP) is 5.99. The van der Waals surface area contributed by atoms with Crippen LogP contribution in [0, 0.1) is 0 Å². The van der Waals surface area contributed by atoms with E-state index in [4.69, 9.17) is 11.6 Å². The summed E-state index contributed by atoms with van der Waals surface area (Å²) in [6, 6.07) is 21.6. The quantitative estimate of drug-likeness (QED) is 0.238. The van der Waals surface area contributed by atoms with Crippen molar-refractivity contribution in [1.82, 2.24) is 0 Å². The zero-order valence-corrected chi connectivity index (χ0v) is 23.2. The fourth-order valence-electron chi connectivity index (χ4n) is 3.65. The highest BCUT2D eigenvalue weighted by Gasteiger charge is 2.33. The molecule has 2 N–H and O–H groups in total. The third kappa shape index (κ3) is 7.37. The van der Waals surface area contributed by atoms with Gasteiger partial charge in [-0.05, 0) is 78.9 Å². The minimum atomic E-state index is -4.75. The molecule has 0 spiro atoms. The van der Waals surface area contributed by atoms with Gasteiger partial charge in [0.1, 0.15) is 6.54 Å². The van der Waals surface area contributed by atoms with Crippen molar-refractivity contribution >= 4 is 54.6 Å². The lowest BCUT2D eigenvalue weighted by Gasteiger charge is -2.25. The third-order valence-corrected chi connectivity index (χ3v) is 9.06. The smallest absolute Gasteiger partial charge is 0.325 e. The summed E-state index contributed by atoms with van der Waals surface area (Å²) in [5.74, 6) is -0.878. The van der Waals surface area contributed by atoms with Crippen LogP contribution in [0.25, 0.3) is 0 Å². The van der Waals surface area contributed by atoms with Crippen molar-refractivity contribution in [3.8, 4) is 0 Å². The Morgan fingerprint density at radius 3 is 1.98 bits per heavy atom. The van der Waals surface area contributed by atoms with E-state index in [0.29, 0.717) is 15.4 Å². The molecule has 1 amide bonds. The molecule has 4 rings (SSSR count). The fourth-order valence-corrected chi connectivity index (χ4v) is 6.27. The standard InChI is InChI=1S/C27H21ClF3N3O5S2/c28-20-9-11-22(12-10-20)33-40(36,37)24-15-13-21(14-16-24)32-26(35)18-34(41(38,39)25-7-2-1-3-8-25)23-6-4-5-19(17-23)27(29,30)31/h1-17,33H,18H2,(H,32,35). The van der Waals surface area contributed by atoms with Gasteiger partial charge in [0.15, 0.2) is 0 Å². The van der Waals surface area contributed by atoms with Gasteiger partial charge in [0.2, 0.25) is 5.91 Å². The number of amides is 1. The lowest BCUT2D eigenvalue weighted by molar-refractivity contribution is -0.137. The monoisotopic (exact) mass is 623 g/mol. The number of nitrogens with one attached hydrogen (secondary N) is 2. The van der Waals surface area contributed by atoms with E-state index in [0.717, 1.165) is 18.2 Å². The van der Waals surface area contributed by atoms with Crippen LogP contribution in [0.4, 0.5) is 30.2 Å². The molecule has 0 unspecified atom stereocenters. The summed E-state index contributed by atoms with van der Waals surface area (Å²) in [6.45, 7) is -0.864. The Hall–Kier alpha value is -4.07. The fraction of sp³-hybridized carbons (Fsp3) is 0.0741. The maximum Gasteiger partial charge on any atom is 0.416 e. The number of hydrogen-bond donors (Lipinski definition) is 2. The molecule has 0 saturated carbocycles. The highest BCUT2D eigenvalue weighted by Crippen LogP contribution is 2.33. The van der Waals surface area contributed by atoms with Crippen LogP contribution in [0.15, 0.2) is 113 Å². The van der Waals surface area contributed by atoms with Crippen molar-refractivity contribution in [3.63, 3.8) is 0 Å². The average Bonchev–Trinajstić information content (AvgIpc) is 2.93. The second kappa shape index (κ2) is 11.8. The van der Waals surface area contributed by atoms with Crippen LogP contribution in [-0.4, -0.2) is 29.3 Å². The molecule has 0 bridgehead atoms. The molecule has 0 heterocycles. The summed E-state index contributed by atoms with van der Waals surface area (Å²) in [5, 5.41) is 2.88. The minimum Gasteiger partial charge on any atom is -0.325 e. The van der Waals surface area contributed by atoms with Crippen LogP contribution in [0.1, 0.15) is 5.56 Å². The maximum absolute atomic E-state index is 13.4. The molecular formula is C27H21ClF3N3O5S2. The molecule has 214 valence electrons. The maximum atomic E-state index is 13.4. The van der Waals surface area contributed by atoms with Gasteiger partial charge in [-0.25, -0.2) is 16.8 Å². The number of carbonyl (C=O) groups is 1. The SMILES string of the molecule is O=C(CN(c1cccc(C(F)(F)F)c1)S(=O)(=O)c1ccccc1)Nc1ccc(S(=O)(=O)Nc2ccc(Cl)cc2)cc1. The van der Waals surface area contributed by atoms with Crippen LogP contribution in [0.3, 0.4) is 0 Å². The Morgan fingerprint density at radius 2 is 1.37 bits per heavy atom. The summed E-state index contributed by atoms with van der Waals surface area (Å²) >= 11 is 5.81. The molecule has 0 radical (unpaired) electrons. The summed E-state index contributed by atoms with van der Waals surface area (Å²) in [5.41, 5.74) is -1.05. The van der Waals surface area contributed by atoms with Gasteiger partial charge in [-0.2, -0.15) is 13.2 Å². The molecule has 0 atom stereocenters. The molecule has 8 nitrogen and oxygen atoms in total. The topological polar surface area (TPSA) is 113 Å². The van der Waals surface area contributed by atoms with Crippen molar-refractivity contribution < 1.29 is 34.8 Å². The first-order valence-electron chi connectivity index (χ1n) is 11.7. The third-order valence-electron chi connectivity index (χ3n) is 5.62. The second-order valence-electron chi connectivity index (χ2n) is 8.56. The van der Waals surface area contributed by atoms with E-state index in [1.165, 1.54) is 72.8 Å². The number of alkyl halides is 3. The van der Waals surface area contributed by atoms with Gasteiger partial charge >= 0.3 is 6.18 Å². The molecule has 14 heteroatoms. The van der Waals surface area contributed by atoms with Crippen LogP contribution >= 0.6 is 11.6 Å². The number of halogens is 4. The summed E-state index contributed by atoms with van der Waals surface area (Å²) < 4.78 is 95.2. The zero-order valence-electron chi connectivity index (χ0n) is 20.8. The number of nitrogens with zero attached hydrogens (tertiary/aromatic N) is 1. The highest BCUT2D eigenvalue weighted by atomic mass is 35.5. The number of sulfonamides is 2. The van der Waals surface area contributed by atoms with E-state index >= 15 is 0 Å². The van der Waals surface area contributed by atoms with Crippen molar-refractivity contribution in [2.45, 2.75) is 16.0 Å². The Balaban J connectivity index is 1.56. The van der Waals surface area contributed by atoms with Gasteiger partial charge in [-0.3, -0.25) is 13.8 Å². The largest absolute Gasteiger partial charge is 0.416 e. The van der Waals surface area contributed by atoms with Gasteiger partial charge in [-0.15, -0.1) is 0 Å². The highest BCUT2D eigenvalue weighted by molar-refractivity contribution is 7.93. The average molecular weight is 624 g/mol. The molecule has 0 fully saturated rings. The first-order chi connectivity index (χ1) is 19.3. The van der Waals surface area contributed by atoms with Crippen molar-refractivity contribution in [3.05, 3.63) is 114 Å². The van der Waals surface area contributed by atoms with Crippen molar-refractivity contribution in [1.29, 1.82) is 0 Å².